The first-order valence-electron chi connectivity index (χ1n) is 7.59. The smallest absolute Gasteiger partial charge is 0.307 e. The second kappa shape index (κ2) is 7.49. The van der Waals surface area contributed by atoms with Gasteiger partial charge in [0.25, 0.3) is 10.0 Å². The number of benzene rings is 2. The number of aliphatic carboxylic acids is 1. The van der Waals surface area contributed by atoms with Crippen LogP contribution in [0.15, 0.2) is 52.3 Å². The first-order chi connectivity index (χ1) is 12.4. The van der Waals surface area contributed by atoms with Crippen LogP contribution in [0.3, 0.4) is 0 Å². The van der Waals surface area contributed by atoms with Crippen molar-refractivity contribution in [3.05, 3.63) is 48.0 Å². The zero-order valence-corrected chi connectivity index (χ0v) is 16.1. The molecule has 0 unspecified atom stereocenters. The van der Waals surface area contributed by atoms with Crippen molar-refractivity contribution in [2.75, 3.05) is 6.26 Å². The molecule has 1 amide bonds. The van der Waals surface area contributed by atoms with E-state index in [1.165, 1.54) is 42.5 Å². The molecule has 27 heavy (non-hydrogen) atoms. The number of sulfone groups is 1. The van der Waals surface area contributed by atoms with Crippen LogP contribution >= 0.6 is 0 Å². The lowest BCUT2D eigenvalue weighted by molar-refractivity contribution is -0.136. The Hall–Kier alpha value is -2.72. The summed E-state index contributed by atoms with van der Waals surface area (Å²) < 4.78 is 50.1. The Morgan fingerprint density at radius 2 is 1.59 bits per heavy atom. The fraction of sp³-hybridized carbons (Fsp3) is 0.176. The summed E-state index contributed by atoms with van der Waals surface area (Å²) in [5, 5.41) is 8.92. The molecule has 0 saturated carbocycles. The molecule has 2 aromatic carbocycles. The van der Waals surface area contributed by atoms with Gasteiger partial charge in [-0.1, -0.05) is 24.3 Å². The molecule has 0 aliphatic rings. The van der Waals surface area contributed by atoms with Gasteiger partial charge in [0.05, 0.1) is 16.2 Å². The molecule has 0 aliphatic heterocycles. The topological polar surface area (TPSA) is 135 Å². The predicted octanol–water partition coefficient (Wildman–Crippen LogP) is 1.21. The van der Waals surface area contributed by atoms with E-state index in [9.17, 15) is 26.4 Å². The number of hydrogen-bond acceptors (Lipinski definition) is 6. The Bertz CT molecular complexity index is 1100. The molecular weight excluding hydrogens is 394 g/mol. The van der Waals surface area contributed by atoms with Crippen LogP contribution in [0.4, 0.5) is 0 Å². The van der Waals surface area contributed by atoms with E-state index >= 15 is 0 Å². The highest BCUT2D eigenvalue weighted by Crippen LogP contribution is 2.29. The van der Waals surface area contributed by atoms with Gasteiger partial charge in [-0.15, -0.1) is 0 Å². The first kappa shape index (κ1) is 20.6. The van der Waals surface area contributed by atoms with Crippen molar-refractivity contribution in [1.82, 2.24) is 4.72 Å². The largest absolute Gasteiger partial charge is 0.481 e. The number of nitrogens with one attached hydrogen (secondary N) is 1. The average molecular weight is 411 g/mol. The molecule has 10 heteroatoms. The van der Waals surface area contributed by atoms with E-state index in [1.807, 2.05) is 4.72 Å². The molecule has 0 saturated heterocycles. The summed E-state index contributed by atoms with van der Waals surface area (Å²) in [7, 11) is -7.66. The van der Waals surface area contributed by atoms with Gasteiger partial charge in [-0.05, 0) is 29.3 Å². The molecule has 0 spiro atoms. The summed E-state index contributed by atoms with van der Waals surface area (Å²) >= 11 is 0. The molecule has 0 radical (unpaired) electrons. The maximum atomic E-state index is 12.5. The Labute approximate surface area is 156 Å². The van der Waals surface area contributed by atoms with E-state index in [4.69, 9.17) is 5.11 Å². The third-order valence-electron chi connectivity index (χ3n) is 3.56. The molecule has 2 N–H and O–H groups in total. The van der Waals surface area contributed by atoms with Crippen LogP contribution in [0.1, 0.15) is 12.5 Å². The van der Waals surface area contributed by atoms with E-state index in [2.05, 4.69) is 0 Å². The van der Waals surface area contributed by atoms with Crippen molar-refractivity contribution in [2.45, 2.75) is 23.1 Å². The fourth-order valence-electron chi connectivity index (χ4n) is 2.44. The molecule has 2 aromatic rings. The Morgan fingerprint density at radius 1 is 1.00 bits per heavy atom. The predicted molar refractivity (Wildman–Crippen MR) is 97.3 cm³/mol. The van der Waals surface area contributed by atoms with Crippen molar-refractivity contribution >= 4 is 31.7 Å². The SMILES string of the molecule is CC(=O)NS(=O)(=O)c1cc(CC(=O)O)ccc1-c1ccc(S(C)(=O)=O)cc1. The van der Waals surface area contributed by atoms with Gasteiger partial charge in [0.1, 0.15) is 0 Å². The van der Waals surface area contributed by atoms with E-state index in [0.717, 1.165) is 13.2 Å². The standard InChI is InChI=1S/C17H17NO7S2/c1-11(19)18-27(24,25)16-9-12(10-17(20)21)3-8-15(16)13-4-6-14(7-5-13)26(2,22)23/h3-9H,10H2,1-2H3,(H,18,19)(H,20,21). The van der Waals surface area contributed by atoms with Gasteiger partial charge >= 0.3 is 5.97 Å². The minimum absolute atomic E-state index is 0.0695. The van der Waals surface area contributed by atoms with Crippen LogP contribution in [0, 0.1) is 0 Å². The zero-order valence-electron chi connectivity index (χ0n) is 14.5. The summed E-state index contributed by atoms with van der Waals surface area (Å²) in [6, 6.07) is 9.61. The molecule has 2 rings (SSSR count). The molecule has 144 valence electrons. The molecule has 0 fully saturated rings. The van der Waals surface area contributed by atoms with E-state index < -0.39 is 38.2 Å². The lowest BCUT2D eigenvalue weighted by atomic mass is 10.0. The summed E-state index contributed by atoms with van der Waals surface area (Å²) in [5.74, 6) is -1.93. The maximum absolute atomic E-state index is 12.5. The number of carboxylic acids is 1. The number of carbonyl (C=O) groups is 2. The van der Waals surface area contributed by atoms with Crippen molar-refractivity contribution in [1.29, 1.82) is 0 Å². The van der Waals surface area contributed by atoms with E-state index in [0.29, 0.717) is 5.56 Å². The van der Waals surface area contributed by atoms with Gasteiger partial charge in [-0.3, -0.25) is 9.59 Å². The van der Waals surface area contributed by atoms with Gasteiger partial charge in [0.2, 0.25) is 5.91 Å². The highest BCUT2D eigenvalue weighted by molar-refractivity contribution is 7.90. The van der Waals surface area contributed by atoms with Gasteiger partial charge in [-0.2, -0.15) is 0 Å². The van der Waals surface area contributed by atoms with Crippen LogP contribution in [0.5, 0.6) is 0 Å². The number of sulfonamides is 1. The second-order valence-electron chi connectivity index (χ2n) is 5.86. The van der Waals surface area contributed by atoms with Gasteiger partial charge in [0.15, 0.2) is 9.84 Å². The van der Waals surface area contributed by atoms with Crippen LogP contribution in [0.2, 0.25) is 0 Å². The quantitative estimate of drug-likeness (QED) is 0.729. The van der Waals surface area contributed by atoms with Crippen LogP contribution < -0.4 is 4.72 Å². The molecule has 0 heterocycles. The Balaban J connectivity index is 2.64. The zero-order chi connectivity index (χ0) is 20.4. The highest BCUT2D eigenvalue weighted by Gasteiger charge is 2.22. The van der Waals surface area contributed by atoms with Crippen molar-refractivity contribution in [3.8, 4) is 11.1 Å². The lowest BCUT2D eigenvalue weighted by Crippen LogP contribution is -2.28. The van der Waals surface area contributed by atoms with E-state index in [-0.39, 0.29) is 20.9 Å². The molecule has 8 nitrogen and oxygen atoms in total. The van der Waals surface area contributed by atoms with Crippen LogP contribution in [-0.2, 0) is 35.9 Å². The highest BCUT2D eigenvalue weighted by atomic mass is 32.2. The molecule has 0 bridgehead atoms. The minimum Gasteiger partial charge on any atom is -0.481 e. The molecular formula is C17H17NO7S2. The third kappa shape index (κ3) is 5.14. The number of rotatable bonds is 6. The van der Waals surface area contributed by atoms with Gasteiger partial charge < -0.3 is 5.11 Å². The number of carbonyl (C=O) groups excluding carboxylic acids is 1. The monoisotopic (exact) mass is 411 g/mol. The number of carboxylic acid groups (broad SMARTS) is 1. The van der Waals surface area contributed by atoms with Crippen molar-refractivity contribution in [3.63, 3.8) is 0 Å². The second-order valence-corrected chi connectivity index (χ2v) is 9.53. The Morgan fingerprint density at radius 3 is 2.07 bits per heavy atom. The Kier molecular flexibility index (Phi) is 5.71. The van der Waals surface area contributed by atoms with Gasteiger partial charge in [0, 0.05) is 18.7 Å². The summed E-state index contributed by atoms with van der Waals surface area (Å²) in [6.45, 7) is 1.04. The molecule has 0 atom stereocenters. The maximum Gasteiger partial charge on any atom is 0.307 e. The minimum atomic E-state index is -4.25. The van der Waals surface area contributed by atoms with Crippen LogP contribution in [0.25, 0.3) is 11.1 Å². The third-order valence-corrected chi connectivity index (χ3v) is 6.16. The summed E-state index contributed by atoms with van der Waals surface area (Å²) in [5.41, 5.74) is 0.842. The average Bonchev–Trinajstić information content (AvgIpc) is 2.52. The molecule has 0 aliphatic carbocycles. The fourth-order valence-corrected chi connectivity index (χ4v) is 4.34. The summed E-state index contributed by atoms with van der Waals surface area (Å²) in [4.78, 5) is 22.0. The van der Waals surface area contributed by atoms with Crippen molar-refractivity contribution in [2.24, 2.45) is 0 Å². The number of amides is 1. The van der Waals surface area contributed by atoms with E-state index in [1.54, 1.807) is 0 Å². The summed E-state index contributed by atoms with van der Waals surface area (Å²) in [6.07, 6.45) is 0.658. The van der Waals surface area contributed by atoms with Crippen molar-refractivity contribution < 1.29 is 31.5 Å². The normalized spacial score (nSPS) is 11.8. The lowest BCUT2D eigenvalue weighted by Gasteiger charge is -2.13. The number of hydrogen-bond donors (Lipinski definition) is 2. The first-order valence-corrected chi connectivity index (χ1v) is 11.0. The van der Waals surface area contributed by atoms with Gasteiger partial charge in [-0.25, -0.2) is 21.6 Å². The molecule has 0 aromatic heterocycles. The van der Waals surface area contributed by atoms with Crippen LogP contribution in [-0.4, -0.2) is 40.1 Å².